The van der Waals surface area contributed by atoms with Gasteiger partial charge in [0.05, 0.1) is 0 Å². The second-order valence-electron chi connectivity index (χ2n) is 3.95. The summed E-state index contributed by atoms with van der Waals surface area (Å²) in [6, 6.07) is 9.45. The van der Waals surface area contributed by atoms with E-state index >= 15 is 0 Å². The molecule has 0 saturated carbocycles. The number of carbonyl (C=O) groups excluding carboxylic acids is 2. The van der Waals surface area contributed by atoms with Gasteiger partial charge in [0.15, 0.2) is 0 Å². The quantitative estimate of drug-likeness (QED) is 0.794. The van der Waals surface area contributed by atoms with Crippen molar-refractivity contribution < 1.29 is 9.59 Å². The van der Waals surface area contributed by atoms with Gasteiger partial charge in [-0.05, 0) is 18.9 Å². The third kappa shape index (κ3) is 5.15. The lowest BCUT2D eigenvalue weighted by Gasteiger charge is -2.12. The molecule has 0 bridgehead atoms. The first-order valence-corrected chi connectivity index (χ1v) is 5.68. The van der Waals surface area contributed by atoms with E-state index < -0.39 is 6.04 Å². The molecule has 1 atom stereocenters. The van der Waals surface area contributed by atoms with Crippen molar-refractivity contribution in [3.8, 4) is 0 Å². The molecule has 0 aromatic heterocycles. The summed E-state index contributed by atoms with van der Waals surface area (Å²) in [5, 5.41) is 5.32. The minimum Gasteiger partial charge on any atom is -0.354 e. The molecule has 0 spiro atoms. The van der Waals surface area contributed by atoms with E-state index in [1.807, 2.05) is 30.3 Å². The highest BCUT2D eigenvalue weighted by Crippen LogP contribution is 1.98. The predicted molar refractivity (Wildman–Crippen MR) is 66.4 cm³/mol. The standard InChI is InChI=1S/C13H18N2O2/c1-10(15-11(2)16)13(17)14-9-8-12-6-4-3-5-7-12/h3-7,10H,8-9H2,1-2H3,(H,14,17)(H,15,16)/t10-/m0/s1. The fourth-order valence-electron chi connectivity index (χ4n) is 1.50. The number of benzene rings is 1. The summed E-state index contributed by atoms with van der Waals surface area (Å²) in [7, 11) is 0. The number of nitrogens with one attached hydrogen (secondary N) is 2. The van der Waals surface area contributed by atoms with Crippen molar-refractivity contribution >= 4 is 11.8 Å². The Hall–Kier alpha value is -1.84. The smallest absolute Gasteiger partial charge is 0.242 e. The number of rotatable bonds is 5. The van der Waals surface area contributed by atoms with E-state index in [0.717, 1.165) is 6.42 Å². The van der Waals surface area contributed by atoms with Crippen LogP contribution in [0.3, 0.4) is 0 Å². The zero-order chi connectivity index (χ0) is 12.7. The fourth-order valence-corrected chi connectivity index (χ4v) is 1.50. The van der Waals surface area contributed by atoms with E-state index in [-0.39, 0.29) is 11.8 Å². The summed E-state index contributed by atoms with van der Waals surface area (Å²) in [6.07, 6.45) is 0.791. The first-order valence-electron chi connectivity index (χ1n) is 5.68. The molecular weight excluding hydrogens is 216 g/mol. The highest BCUT2D eigenvalue weighted by Gasteiger charge is 2.12. The van der Waals surface area contributed by atoms with Gasteiger partial charge in [-0.25, -0.2) is 0 Å². The van der Waals surface area contributed by atoms with Crippen molar-refractivity contribution in [1.82, 2.24) is 10.6 Å². The molecule has 0 fully saturated rings. The maximum absolute atomic E-state index is 11.5. The molecule has 2 amide bonds. The van der Waals surface area contributed by atoms with E-state index in [2.05, 4.69) is 10.6 Å². The lowest BCUT2D eigenvalue weighted by atomic mass is 10.1. The van der Waals surface area contributed by atoms with Gasteiger partial charge in [0.25, 0.3) is 0 Å². The topological polar surface area (TPSA) is 58.2 Å². The summed E-state index contributed by atoms with van der Waals surface area (Å²) in [6.45, 7) is 3.64. The monoisotopic (exact) mass is 234 g/mol. The highest BCUT2D eigenvalue weighted by molar-refractivity contribution is 5.86. The summed E-state index contributed by atoms with van der Waals surface area (Å²) in [5.41, 5.74) is 1.18. The molecule has 1 aromatic carbocycles. The molecule has 0 radical (unpaired) electrons. The first-order chi connectivity index (χ1) is 8.09. The van der Waals surface area contributed by atoms with Crippen LogP contribution in [0, 0.1) is 0 Å². The van der Waals surface area contributed by atoms with Crippen LogP contribution in [0.4, 0.5) is 0 Å². The molecule has 0 unspecified atom stereocenters. The number of amides is 2. The van der Waals surface area contributed by atoms with Gasteiger partial charge in [-0.15, -0.1) is 0 Å². The first kappa shape index (κ1) is 13.2. The minimum absolute atomic E-state index is 0.156. The van der Waals surface area contributed by atoms with Gasteiger partial charge in [0, 0.05) is 13.5 Å². The van der Waals surface area contributed by atoms with Crippen LogP contribution in [0.2, 0.25) is 0 Å². The Morgan fingerprint density at radius 1 is 1.24 bits per heavy atom. The zero-order valence-corrected chi connectivity index (χ0v) is 10.2. The second kappa shape index (κ2) is 6.68. The van der Waals surface area contributed by atoms with E-state index in [1.165, 1.54) is 12.5 Å². The van der Waals surface area contributed by atoms with Crippen molar-refractivity contribution in [3.63, 3.8) is 0 Å². The Kier molecular flexibility index (Phi) is 5.20. The van der Waals surface area contributed by atoms with Crippen molar-refractivity contribution in [2.45, 2.75) is 26.3 Å². The molecule has 0 heterocycles. The Balaban J connectivity index is 2.27. The number of hydrogen-bond acceptors (Lipinski definition) is 2. The fraction of sp³-hybridized carbons (Fsp3) is 0.385. The molecular formula is C13H18N2O2. The van der Waals surface area contributed by atoms with E-state index in [4.69, 9.17) is 0 Å². The molecule has 0 aliphatic rings. The average Bonchev–Trinajstić information content (AvgIpc) is 2.29. The molecule has 0 aliphatic carbocycles. The summed E-state index contributed by atoms with van der Waals surface area (Å²) >= 11 is 0. The lowest BCUT2D eigenvalue weighted by molar-refractivity contribution is -0.127. The molecule has 4 heteroatoms. The average molecular weight is 234 g/mol. The Morgan fingerprint density at radius 2 is 1.88 bits per heavy atom. The van der Waals surface area contributed by atoms with Gasteiger partial charge in [-0.2, -0.15) is 0 Å². The summed E-state index contributed by atoms with van der Waals surface area (Å²) < 4.78 is 0. The molecule has 17 heavy (non-hydrogen) atoms. The predicted octanol–water partition coefficient (Wildman–Crippen LogP) is 0.870. The minimum atomic E-state index is -0.483. The number of carbonyl (C=O) groups is 2. The van der Waals surface area contributed by atoms with Crippen molar-refractivity contribution in [2.24, 2.45) is 0 Å². The van der Waals surface area contributed by atoms with Crippen LogP contribution in [-0.4, -0.2) is 24.4 Å². The Morgan fingerprint density at radius 3 is 2.47 bits per heavy atom. The maximum atomic E-state index is 11.5. The highest BCUT2D eigenvalue weighted by atomic mass is 16.2. The van der Waals surface area contributed by atoms with Crippen molar-refractivity contribution in [3.05, 3.63) is 35.9 Å². The Bertz CT molecular complexity index is 376. The van der Waals surface area contributed by atoms with Gasteiger partial charge in [0.2, 0.25) is 11.8 Å². The zero-order valence-electron chi connectivity index (χ0n) is 10.2. The lowest BCUT2D eigenvalue weighted by Crippen LogP contribution is -2.44. The van der Waals surface area contributed by atoms with Crippen LogP contribution >= 0.6 is 0 Å². The van der Waals surface area contributed by atoms with Gasteiger partial charge in [-0.3, -0.25) is 9.59 Å². The van der Waals surface area contributed by atoms with Gasteiger partial charge in [-0.1, -0.05) is 30.3 Å². The largest absolute Gasteiger partial charge is 0.354 e. The molecule has 1 aromatic rings. The van der Waals surface area contributed by atoms with Gasteiger partial charge >= 0.3 is 0 Å². The molecule has 0 aliphatic heterocycles. The number of hydrogen-bond donors (Lipinski definition) is 2. The van der Waals surface area contributed by atoms with E-state index in [9.17, 15) is 9.59 Å². The third-order valence-electron chi connectivity index (χ3n) is 2.37. The summed E-state index contributed by atoms with van der Waals surface area (Å²) in [5.74, 6) is -0.355. The van der Waals surface area contributed by atoms with Crippen LogP contribution < -0.4 is 10.6 Å². The molecule has 1 rings (SSSR count). The summed E-state index contributed by atoms with van der Waals surface area (Å²) in [4.78, 5) is 22.3. The molecule has 92 valence electrons. The van der Waals surface area contributed by atoms with Crippen molar-refractivity contribution in [2.75, 3.05) is 6.54 Å². The van der Waals surface area contributed by atoms with Gasteiger partial charge < -0.3 is 10.6 Å². The second-order valence-corrected chi connectivity index (χ2v) is 3.95. The van der Waals surface area contributed by atoms with Crippen LogP contribution in [0.5, 0.6) is 0 Å². The SMILES string of the molecule is CC(=O)N[C@@H](C)C(=O)NCCc1ccccc1. The molecule has 0 saturated heterocycles. The molecule has 4 nitrogen and oxygen atoms in total. The van der Waals surface area contributed by atoms with E-state index in [0.29, 0.717) is 6.54 Å². The van der Waals surface area contributed by atoms with E-state index in [1.54, 1.807) is 6.92 Å². The Labute approximate surface area is 101 Å². The normalized spacial score (nSPS) is 11.6. The van der Waals surface area contributed by atoms with Crippen LogP contribution in [0.1, 0.15) is 19.4 Å². The van der Waals surface area contributed by atoms with Crippen molar-refractivity contribution in [1.29, 1.82) is 0 Å². The maximum Gasteiger partial charge on any atom is 0.242 e. The van der Waals surface area contributed by atoms with Crippen LogP contribution in [0.15, 0.2) is 30.3 Å². The third-order valence-corrected chi connectivity index (χ3v) is 2.37. The molecule has 2 N–H and O–H groups in total. The van der Waals surface area contributed by atoms with Crippen LogP contribution in [0.25, 0.3) is 0 Å². The van der Waals surface area contributed by atoms with Gasteiger partial charge in [0.1, 0.15) is 6.04 Å². The van der Waals surface area contributed by atoms with Crippen LogP contribution in [-0.2, 0) is 16.0 Å².